The summed E-state index contributed by atoms with van der Waals surface area (Å²) >= 11 is 0. The molecule has 0 aliphatic rings. The van der Waals surface area contributed by atoms with Gasteiger partial charge in [-0.15, -0.1) is 0 Å². The highest BCUT2D eigenvalue weighted by molar-refractivity contribution is 6.08. The van der Waals surface area contributed by atoms with Gasteiger partial charge in [-0.25, -0.2) is 0 Å². The third-order valence-corrected chi connectivity index (χ3v) is 10.9. The van der Waals surface area contributed by atoms with Crippen molar-refractivity contribution >= 4 is 71.7 Å². The average Bonchev–Trinajstić information content (AvgIpc) is 3.82. The number of rotatable bonds is 6. The molecule has 0 amide bonds. The van der Waals surface area contributed by atoms with Crippen molar-refractivity contribution in [3.05, 3.63) is 200 Å². The van der Waals surface area contributed by atoms with Crippen molar-refractivity contribution in [1.29, 1.82) is 0 Å². The van der Waals surface area contributed by atoms with E-state index in [9.17, 15) is 0 Å². The first-order valence-corrected chi connectivity index (χ1v) is 18.7. The molecule has 258 valence electrons. The van der Waals surface area contributed by atoms with Crippen LogP contribution in [0.2, 0.25) is 0 Å². The van der Waals surface area contributed by atoms with Gasteiger partial charge in [-0.3, -0.25) is 0 Å². The molecule has 9 aromatic carbocycles. The molecule has 0 saturated carbocycles. The largest absolute Gasteiger partial charge is 0.456 e. The van der Waals surface area contributed by atoms with Gasteiger partial charge in [0.25, 0.3) is 0 Å². The van der Waals surface area contributed by atoms with Crippen LogP contribution >= 0.6 is 0 Å². The number of hydrogen-bond donors (Lipinski definition) is 0. The molecule has 55 heavy (non-hydrogen) atoms. The second-order valence-corrected chi connectivity index (χ2v) is 14.1. The molecule has 0 bridgehead atoms. The van der Waals surface area contributed by atoms with Crippen LogP contribution in [0, 0.1) is 0 Å². The van der Waals surface area contributed by atoms with Crippen LogP contribution in [-0.2, 0) is 0 Å². The quantitative estimate of drug-likeness (QED) is 0.173. The predicted molar refractivity (Wildman–Crippen MR) is 229 cm³/mol. The van der Waals surface area contributed by atoms with Gasteiger partial charge in [-0.05, 0) is 99.3 Å². The monoisotopic (exact) mass is 703 g/mol. The molecule has 0 radical (unpaired) electrons. The van der Waals surface area contributed by atoms with Gasteiger partial charge >= 0.3 is 0 Å². The fourth-order valence-corrected chi connectivity index (χ4v) is 8.11. The number of furan rings is 2. The molecular formula is C52H33NO2. The molecule has 3 heteroatoms. The molecule has 0 aliphatic carbocycles. The molecule has 3 nitrogen and oxygen atoms in total. The van der Waals surface area contributed by atoms with E-state index in [2.05, 4.69) is 181 Å². The Balaban J connectivity index is 1.01. The topological polar surface area (TPSA) is 29.5 Å². The predicted octanol–water partition coefficient (Wildman–Crippen LogP) is 15.1. The molecular weight excluding hydrogens is 671 g/mol. The molecule has 0 N–H and O–H groups in total. The molecule has 0 atom stereocenters. The Morgan fingerprint density at radius 1 is 0.291 bits per heavy atom. The van der Waals surface area contributed by atoms with Crippen LogP contribution in [-0.4, -0.2) is 0 Å². The van der Waals surface area contributed by atoms with Gasteiger partial charge in [0.2, 0.25) is 0 Å². The minimum absolute atomic E-state index is 0.855. The van der Waals surface area contributed by atoms with Gasteiger partial charge < -0.3 is 13.7 Å². The minimum Gasteiger partial charge on any atom is -0.456 e. The van der Waals surface area contributed by atoms with Crippen molar-refractivity contribution in [2.75, 3.05) is 4.90 Å². The minimum atomic E-state index is 0.855. The van der Waals surface area contributed by atoms with Gasteiger partial charge in [-0.1, -0.05) is 133 Å². The maximum absolute atomic E-state index is 6.41. The molecule has 0 aliphatic heterocycles. The Bertz CT molecular complexity index is 3200. The van der Waals surface area contributed by atoms with E-state index >= 15 is 0 Å². The summed E-state index contributed by atoms with van der Waals surface area (Å²) in [5.41, 5.74) is 13.6. The lowest BCUT2D eigenvalue weighted by Crippen LogP contribution is -2.11. The molecule has 0 spiro atoms. The van der Waals surface area contributed by atoms with Crippen LogP contribution in [0.4, 0.5) is 17.1 Å². The summed E-state index contributed by atoms with van der Waals surface area (Å²) in [5.74, 6) is 0. The number of hydrogen-bond acceptors (Lipinski definition) is 3. The lowest BCUT2D eigenvalue weighted by molar-refractivity contribution is 0.668. The van der Waals surface area contributed by atoms with E-state index in [0.717, 1.165) is 77.6 Å². The SMILES string of the molecule is c1ccc(N(c2ccc(-c3ccc(-c4ccc5ccccc5c4)cc3)cc2)c2ccc3c(c2)oc2ccccc23)c(-c2ccc3c(c2)oc2ccccc23)c1. The summed E-state index contributed by atoms with van der Waals surface area (Å²) < 4.78 is 12.7. The van der Waals surface area contributed by atoms with Crippen LogP contribution in [0.1, 0.15) is 0 Å². The van der Waals surface area contributed by atoms with Crippen LogP contribution in [0.5, 0.6) is 0 Å². The van der Waals surface area contributed by atoms with Crippen molar-refractivity contribution < 1.29 is 8.83 Å². The third kappa shape index (κ3) is 5.36. The van der Waals surface area contributed by atoms with E-state index in [-0.39, 0.29) is 0 Å². The van der Waals surface area contributed by atoms with Crippen LogP contribution in [0.25, 0.3) is 88.0 Å². The molecule has 2 heterocycles. The Morgan fingerprint density at radius 3 is 1.51 bits per heavy atom. The smallest absolute Gasteiger partial charge is 0.137 e. The van der Waals surface area contributed by atoms with Gasteiger partial charge in [-0.2, -0.15) is 0 Å². The molecule has 11 aromatic rings. The maximum Gasteiger partial charge on any atom is 0.137 e. The highest BCUT2D eigenvalue weighted by Crippen LogP contribution is 2.44. The van der Waals surface area contributed by atoms with Crippen molar-refractivity contribution in [3.8, 4) is 33.4 Å². The Hall–Kier alpha value is -7.36. The zero-order valence-electron chi connectivity index (χ0n) is 29.8. The highest BCUT2D eigenvalue weighted by Gasteiger charge is 2.20. The summed E-state index contributed by atoms with van der Waals surface area (Å²) in [6, 6.07) is 71.1. The van der Waals surface area contributed by atoms with E-state index in [1.54, 1.807) is 0 Å². The maximum atomic E-state index is 6.41. The molecule has 0 fully saturated rings. The fourth-order valence-electron chi connectivity index (χ4n) is 8.11. The Kier molecular flexibility index (Phi) is 7.17. The van der Waals surface area contributed by atoms with Gasteiger partial charge in [0.05, 0.1) is 5.69 Å². The van der Waals surface area contributed by atoms with Crippen molar-refractivity contribution in [2.24, 2.45) is 0 Å². The van der Waals surface area contributed by atoms with Crippen LogP contribution < -0.4 is 4.90 Å². The van der Waals surface area contributed by atoms with Crippen molar-refractivity contribution in [3.63, 3.8) is 0 Å². The summed E-state index contributed by atoms with van der Waals surface area (Å²) in [5, 5.41) is 6.97. The molecule has 0 unspecified atom stereocenters. The highest BCUT2D eigenvalue weighted by atomic mass is 16.3. The van der Waals surface area contributed by atoms with E-state index in [1.165, 1.54) is 27.5 Å². The second kappa shape index (κ2) is 12.6. The normalized spacial score (nSPS) is 11.6. The summed E-state index contributed by atoms with van der Waals surface area (Å²) in [6.45, 7) is 0. The number of benzene rings is 9. The summed E-state index contributed by atoms with van der Waals surface area (Å²) in [7, 11) is 0. The number of anilines is 3. The lowest BCUT2D eigenvalue weighted by Gasteiger charge is -2.28. The Labute approximate surface area is 317 Å². The average molecular weight is 704 g/mol. The van der Waals surface area contributed by atoms with Crippen LogP contribution in [0.3, 0.4) is 0 Å². The van der Waals surface area contributed by atoms with E-state index in [0.29, 0.717) is 0 Å². The zero-order chi connectivity index (χ0) is 36.3. The zero-order valence-corrected chi connectivity index (χ0v) is 29.8. The second-order valence-electron chi connectivity index (χ2n) is 14.1. The van der Waals surface area contributed by atoms with Gasteiger partial charge in [0.1, 0.15) is 22.3 Å². The number of para-hydroxylation sites is 3. The first kappa shape index (κ1) is 31.2. The van der Waals surface area contributed by atoms with E-state index in [1.807, 2.05) is 24.3 Å². The Morgan fingerprint density at radius 2 is 0.782 bits per heavy atom. The van der Waals surface area contributed by atoms with Gasteiger partial charge in [0.15, 0.2) is 0 Å². The first-order chi connectivity index (χ1) is 27.2. The van der Waals surface area contributed by atoms with E-state index in [4.69, 9.17) is 8.83 Å². The van der Waals surface area contributed by atoms with E-state index < -0.39 is 0 Å². The van der Waals surface area contributed by atoms with Gasteiger partial charge in [0, 0.05) is 44.5 Å². The molecule has 2 aromatic heterocycles. The molecule has 11 rings (SSSR count). The summed E-state index contributed by atoms with van der Waals surface area (Å²) in [4.78, 5) is 2.33. The lowest BCUT2D eigenvalue weighted by atomic mass is 9.98. The fraction of sp³-hybridized carbons (Fsp3) is 0. The molecule has 0 saturated heterocycles. The number of fused-ring (bicyclic) bond motifs is 7. The first-order valence-electron chi connectivity index (χ1n) is 18.7. The third-order valence-electron chi connectivity index (χ3n) is 10.9. The van der Waals surface area contributed by atoms with Crippen molar-refractivity contribution in [1.82, 2.24) is 0 Å². The van der Waals surface area contributed by atoms with Crippen LogP contribution in [0.15, 0.2) is 209 Å². The van der Waals surface area contributed by atoms with Crippen molar-refractivity contribution in [2.45, 2.75) is 0 Å². The number of nitrogens with zero attached hydrogens (tertiary/aromatic N) is 1. The summed E-state index contributed by atoms with van der Waals surface area (Å²) in [6.07, 6.45) is 0. The standard InChI is InChI=1S/C52H33NO2/c1-2-10-38-31-39(22-21-34(38)9-1)37-19-17-35(18-20-37)36-23-26-41(27-24-36)53(42-28-30-47-45-13-5-8-16-50(45)55-52(47)33-42)48-14-6-3-11-43(48)40-25-29-46-44-12-4-7-15-49(44)54-51(46)32-40/h1-33H.